The number of hydrogen-bond acceptors (Lipinski definition) is 4. The van der Waals surface area contributed by atoms with Crippen molar-refractivity contribution in [3.05, 3.63) is 23.7 Å². The molecule has 0 aliphatic carbocycles. The zero-order valence-corrected chi connectivity index (χ0v) is 11.5. The molecule has 0 atom stereocenters. The Morgan fingerprint density at radius 1 is 1.17 bits per heavy atom. The number of unbranched alkanes of at least 4 members (excludes halogenated alkanes) is 1. The first-order chi connectivity index (χ1) is 8.88. The number of furan rings is 1. The smallest absolute Gasteiger partial charge is 0.123 e. The monoisotopic (exact) mass is 255 g/mol. The molecule has 0 unspecified atom stereocenters. The van der Waals surface area contributed by atoms with Gasteiger partial charge in [0.15, 0.2) is 0 Å². The predicted molar refractivity (Wildman–Crippen MR) is 71.5 cm³/mol. The van der Waals surface area contributed by atoms with E-state index in [1.807, 2.05) is 6.07 Å². The third-order valence-corrected chi connectivity index (χ3v) is 2.65. The van der Waals surface area contributed by atoms with E-state index in [-0.39, 0.29) is 0 Å². The van der Waals surface area contributed by atoms with Crippen molar-refractivity contribution in [1.82, 2.24) is 5.32 Å². The minimum absolute atomic E-state index is 0.592. The molecule has 0 fully saturated rings. The molecular weight excluding hydrogens is 230 g/mol. The second-order valence-corrected chi connectivity index (χ2v) is 4.17. The lowest BCUT2D eigenvalue weighted by molar-refractivity contribution is 0.0392. The molecule has 4 nitrogen and oxygen atoms in total. The maximum Gasteiger partial charge on any atom is 0.123 e. The van der Waals surface area contributed by atoms with Crippen LogP contribution in [0.1, 0.15) is 38.0 Å². The number of ether oxygens (including phenoxy) is 2. The third-order valence-electron chi connectivity index (χ3n) is 2.65. The molecule has 0 aromatic carbocycles. The molecule has 104 valence electrons. The summed E-state index contributed by atoms with van der Waals surface area (Å²) in [6, 6.07) is 1.96. The van der Waals surface area contributed by atoms with Crippen molar-refractivity contribution < 1.29 is 13.9 Å². The van der Waals surface area contributed by atoms with Gasteiger partial charge in [0, 0.05) is 12.2 Å². The Bertz CT molecular complexity index is 299. The van der Waals surface area contributed by atoms with Crippen LogP contribution in [0.3, 0.4) is 0 Å². The fourth-order valence-electron chi connectivity index (χ4n) is 1.54. The molecule has 1 N–H and O–H groups in total. The van der Waals surface area contributed by atoms with E-state index in [2.05, 4.69) is 19.2 Å². The van der Waals surface area contributed by atoms with Crippen LogP contribution in [-0.2, 0) is 22.6 Å². The molecule has 0 aliphatic heterocycles. The first-order valence-electron chi connectivity index (χ1n) is 6.79. The van der Waals surface area contributed by atoms with Crippen LogP contribution in [-0.4, -0.2) is 26.4 Å². The molecule has 0 bridgehead atoms. The molecule has 1 aromatic heterocycles. The van der Waals surface area contributed by atoms with Gasteiger partial charge in [-0.15, -0.1) is 0 Å². The summed E-state index contributed by atoms with van der Waals surface area (Å²) in [6.45, 7) is 8.65. The van der Waals surface area contributed by atoms with Crippen molar-refractivity contribution in [2.75, 3.05) is 26.4 Å². The summed E-state index contributed by atoms with van der Waals surface area (Å²) >= 11 is 0. The van der Waals surface area contributed by atoms with Gasteiger partial charge < -0.3 is 19.2 Å². The van der Waals surface area contributed by atoms with Crippen molar-refractivity contribution in [2.24, 2.45) is 0 Å². The molecule has 4 heteroatoms. The van der Waals surface area contributed by atoms with Gasteiger partial charge >= 0.3 is 0 Å². The Labute approximate surface area is 110 Å². The summed E-state index contributed by atoms with van der Waals surface area (Å²) in [5, 5.41) is 3.24. The third kappa shape index (κ3) is 6.19. The highest BCUT2D eigenvalue weighted by Gasteiger charge is 2.05. The van der Waals surface area contributed by atoms with Crippen LogP contribution >= 0.6 is 0 Å². The normalized spacial score (nSPS) is 11.0. The maximum absolute atomic E-state index is 5.57. The molecule has 0 amide bonds. The Morgan fingerprint density at radius 3 is 2.78 bits per heavy atom. The average molecular weight is 255 g/mol. The van der Waals surface area contributed by atoms with Crippen molar-refractivity contribution in [3.8, 4) is 0 Å². The molecule has 0 saturated heterocycles. The quantitative estimate of drug-likeness (QED) is 0.617. The highest BCUT2D eigenvalue weighted by atomic mass is 16.5. The van der Waals surface area contributed by atoms with Gasteiger partial charge in [-0.2, -0.15) is 0 Å². The van der Waals surface area contributed by atoms with Crippen molar-refractivity contribution in [2.45, 2.75) is 39.8 Å². The van der Waals surface area contributed by atoms with Gasteiger partial charge in [0.25, 0.3) is 0 Å². The molecule has 18 heavy (non-hydrogen) atoms. The summed E-state index contributed by atoms with van der Waals surface area (Å²) < 4.78 is 16.4. The number of nitrogens with one attached hydrogen (secondary N) is 1. The Hall–Kier alpha value is -0.840. The van der Waals surface area contributed by atoms with Gasteiger partial charge in [0.1, 0.15) is 5.76 Å². The molecular formula is C14H25NO3. The largest absolute Gasteiger partial charge is 0.468 e. The van der Waals surface area contributed by atoms with Crippen molar-refractivity contribution in [3.63, 3.8) is 0 Å². The lowest BCUT2D eigenvalue weighted by atomic mass is 10.2. The van der Waals surface area contributed by atoms with Crippen LogP contribution < -0.4 is 5.32 Å². The van der Waals surface area contributed by atoms with E-state index < -0.39 is 0 Å². The maximum atomic E-state index is 5.57. The fraction of sp³-hybridized carbons (Fsp3) is 0.714. The van der Waals surface area contributed by atoms with Gasteiger partial charge in [-0.25, -0.2) is 0 Å². The summed E-state index contributed by atoms with van der Waals surface area (Å²) in [7, 11) is 0. The van der Waals surface area contributed by atoms with E-state index in [1.54, 1.807) is 6.26 Å². The zero-order chi connectivity index (χ0) is 13.1. The standard InChI is InChI=1S/C14H25NO3/c1-3-5-7-16-9-10-17-12-13-6-8-18-14(13)11-15-4-2/h6,8,15H,3-5,7,9-12H2,1-2H3. The van der Waals surface area contributed by atoms with Gasteiger partial charge in [-0.05, 0) is 19.0 Å². The average Bonchev–Trinajstić information content (AvgIpc) is 2.83. The summed E-state index contributed by atoms with van der Waals surface area (Å²) in [4.78, 5) is 0. The minimum Gasteiger partial charge on any atom is -0.468 e. The van der Waals surface area contributed by atoms with E-state index in [0.717, 1.165) is 37.4 Å². The molecule has 0 spiro atoms. The molecule has 0 saturated carbocycles. The molecule has 1 aromatic rings. The number of hydrogen-bond donors (Lipinski definition) is 1. The lowest BCUT2D eigenvalue weighted by Crippen LogP contribution is -2.13. The predicted octanol–water partition coefficient (Wildman–Crippen LogP) is 2.72. The van der Waals surface area contributed by atoms with Crippen LogP contribution in [0.2, 0.25) is 0 Å². The van der Waals surface area contributed by atoms with Crippen LogP contribution in [0.15, 0.2) is 16.7 Å². The van der Waals surface area contributed by atoms with Crippen LogP contribution in [0.4, 0.5) is 0 Å². The second-order valence-electron chi connectivity index (χ2n) is 4.17. The topological polar surface area (TPSA) is 43.6 Å². The first kappa shape index (κ1) is 15.2. The highest BCUT2D eigenvalue weighted by molar-refractivity contribution is 5.15. The highest BCUT2D eigenvalue weighted by Crippen LogP contribution is 2.11. The van der Waals surface area contributed by atoms with Gasteiger partial charge in [0.2, 0.25) is 0 Å². The van der Waals surface area contributed by atoms with E-state index in [1.165, 1.54) is 6.42 Å². The van der Waals surface area contributed by atoms with E-state index >= 15 is 0 Å². The van der Waals surface area contributed by atoms with E-state index in [9.17, 15) is 0 Å². The van der Waals surface area contributed by atoms with E-state index in [4.69, 9.17) is 13.9 Å². The van der Waals surface area contributed by atoms with Gasteiger partial charge in [0.05, 0.1) is 32.6 Å². The fourth-order valence-corrected chi connectivity index (χ4v) is 1.54. The molecule has 0 radical (unpaired) electrons. The van der Waals surface area contributed by atoms with Crippen LogP contribution in [0, 0.1) is 0 Å². The summed E-state index contributed by atoms with van der Waals surface area (Å²) in [5.41, 5.74) is 1.12. The van der Waals surface area contributed by atoms with Crippen LogP contribution in [0.5, 0.6) is 0 Å². The van der Waals surface area contributed by atoms with Gasteiger partial charge in [-0.1, -0.05) is 20.3 Å². The Morgan fingerprint density at radius 2 is 2.00 bits per heavy atom. The first-order valence-corrected chi connectivity index (χ1v) is 6.79. The lowest BCUT2D eigenvalue weighted by Gasteiger charge is -2.06. The zero-order valence-electron chi connectivity index (χ0n) is 11.5. The molecule has 1 heterocycles. The summed E-state index contributed by atoms with van der Waals surface area (Å²) in [5.74, 6) is 0.962. The minimum atomic E-state index is 0.592. The van der Waals surface area contributed by atoms with E-state index in [0.29, 0.717) is 19.8 Å². The molecule has 1 rings (SSSR count). The Kier molecular flexibility index (Phi) is 8.55. The van der Waals surface area contributed by atoms with Crippen molar-refractivity contribution >= 4 is 0 Å². The van der Waals surface area contributed by atoms with Crippen molar-refractivity contribution in [1.29, 1.82) is 0 Å². The Balaban J connectivity index is 2.09. The number of rotatable bonds is 11. The van der Waals surface area contributed by atoms with Gasteiger partial charge in [-0.3, -0.25) is 0 Å². The molecule has 0 aliphatic rings. The summed E-state index contributed by atoms with van der Waals surface area (Å²) in [6.07, 6.45) is 4.00. The SMILES string of the molecule is CCCCOCCOCc1ccoc1CNCC. The second kappa shape index (κ2) is 10.1. The van der Waals surface area contributed by atoms with Crippen LogP contribution in [0.25, 0.3) is 0 Å².